The average Bonchev–Trinajstić information content (AvgIpc) is 2.79. The molecule has 0 amide bonds. The number of nitrogens with zero attached hydrogens (tertiary/aromatic N) is 2. The van der Waals surface area contributed by atoms with Gasteiger partial charge in [0.1, 0.15) is 11.6 Å². The fraction of sp³-hybridized carbons (Fsp3) is 0.533. The first-order valence-electron chi connectivity index (χ1n) is 7.17. The highest BCUT2D eigenvalue weighted by atomic mass is 79.9. The second-order valence-electron chi connectivity index (χ2n) is 5.42. The van der Waals surface area contributed by atoms with Gasteiger partial charge in [-0.05, 0) is 34.8 Å². The Labute approximate surface area is 136 Å². The van der Waals surface area contributed by atoms with Crippen LogP contribution >= 0.6 is 27.5 Å². The van der Waals surface area contributed by atoms with Gasteiger partial charge in [0.15, 0.2) is 0 Å². The number of aromatic nitrogens is 2. The molecule has 1 aromatic carbocycles. The Bertz CT molecular complexity index is 640. The van der Waals surface area contributed by atoms with E-state index < -0.39 is 0 Å². The van der Waals surface area contributed by atoms with Crippen molar-refractivity contribution in [1.29, 1.82) is 0 Å². The SMILES string of the molecule is Fc1cc2nc(CCCl)n(CC3CCCOC3)c2cc1Br. The van der Waals surface area contributed by atoms with Crippen LogP contribution < -0.4 is 0 Å². The Kier molecular flexibility index (Phi) is 4.82. The number of fused-ring (bicyclic) bond motifs is 1. The summed E-state index contributed by atoms with van der Waals surface area (Å²) in [7, 11) is 0. The molecular formula is C15H17BrClFN2O. The van der Waals surface area contributed by atoms with Crippen LogP contribution in [0.1, 0.15) is 18.7 Å². The van der Waals surface area contributed by atoms with Crippen LogP contribution in [0.5, 0.6) is 0 Å². The molecule has 1 unspecified atom stereocenters. The number of halogens is 3. The van der Waals surface area contributed by atoms with Crippen LogP contribution in [0, 0.1) is 11.7 Å². The van der Waals surface area contributed by atoms with E-state index in [4.69, 9.17) is 16.3 Å². The molecule has 0 aliphatic carbocycles. The highest BCUT2D eigenvalue weighted by molar-refractivity contribution is 9.10. The number of imidazole rings is 1. The summed E-state index contributed by atoms with van der Waals surface area (Å²) >= 11 is 9.14. The summed E-state index contributed by atoms with van der Waals surface area (Å²) in [5, 5.41) is 0. The van der Waals surface area contributed by atoms with Crippen LogP contribution in [0.25, 0.3) is 11.0 Å². The summed E-state index contributed by atoms with van der Waals surface area (Å²) in [4.78, 5) is 4.55. The Morgan fingerprint density at radius 1 is 1.48 bits per heavy atom. The van der Waals surface area contributed by atoms with Crippen molar-refractivity contribution in [2.45, 2.75) is 25.8 Å². The Morgan fingerprint density at radius 3 is 3.05 bits per heavy atom. The van der Waals surface area contributed by atoms with Gasteiger partial charge in [-0.2, -0.15) is 0 Å². The summed E-state index contributed by atoms with van der Waals surface area (Å²) in [6, 6.07) is 3.28. The third kappa shape index (κ3) is 3.25. The molecule has 0 N–H and O–H groups in total. The van der Waals surface area contributed by atoms with Crippen LogP contribution in [0.4, 0.5) is 4.39 Å². The second-order valence-corrected chi connectivity index (χ2v) is 6.65. The third-order valence-corrected chi connectivity index (χ3v) is 4.68. The van der Waals surface area contributed by atoms with E-state index in [0.29, 0.717) is 28.2 Å². The summed E-state index contributed by atoms with van der Waals surface area (Å²) in [6.07, 6.45) is 2.94. The van der Waals surface area contributed by atoms with Gasteiger partial charge in [-0.15, -0.1) is 11.6 Å². The van der Waals surface area contributed by atoms with Crippen LogP contribution in [-0.4, -0.2) is 28.6 Å². The Balaban J connectivity index is 2.00. The first-order valence-corrected chi connectivity index (χ1v) is 8.49. The molecular weight excluding hydrogens is 359 g/mol. The van der Waals surface area contributed by atoms with Gasteiger partial charge in [0.2, 0.25) is 0 Å². The molecule has 0 saturated carbocycles. The Morgan fingerprint density at radius 2 is 2.33 bits per heavy atom. The zero-order valence-corrected chi connectivity index (χ0v) is 14.0. The van der Waals surface area contributed by atoms with Crippen molar-refractivity contribution in [3.8, 4) is 0 Å². The van der Waals surface area contributed by atoms with Crippen LogP contribution in [0.3, 0.4) is 0 Å². The van der Waals surface area contributed by atoms with Gasteiger partial charge in [0, 0.05) is 37.4 Å². The zero-order valence-electron chi connectivity index (χ0n) is 11.6. The molecule has 1 fully saturated rings. The van der Waals surface area contributed by atoms with E-state index >= 15 is 0 Å². The predicted octanol–water partition coefficient (Wildman–Crippen LogP) is 4.15. The average molecular weight is 376 g/mol. The van der Waals surface area contributed by atoms with E-state index in [1.54, 1.807) is 6.07 Å². The quantitative estimate of drug-likeness (QED) is 0.751. The van der Waals surface area contributed by atoms with E-state index in [1.165, 1.54) is 6.07 Å². The lowest BCUT2D eigenvalue weighted by Crippen LogP contribution is -2.23. The molecule has 1 aromatic heterocycles. The summed E-state index contributed by atoms with van der Waals surface area (Å²) < 4.78 is 21.9. The molecule has 1 aliphatic heterocycles. The maximum absolute atomic E-state index is 13.7. The molecule has 0 radical (unpaired) electrons. The van der Waals surface area contributed by atoms with Gasteiger partial charge in [0.05, 0.1) is 22.1 Å². The molecule has 21 heavy (non-hydrogen) atoms. The van der Waals surface area contributed by atoms with Crippen molar-refractivity contribution < 1.29 is 9.13 Å². The molecule has 0 bridgehead atoms. The highest BCUT2D eigenvalue weighted by Crippen LogP contribution is 2.26. The van der Waals surface area contributed by atoms with Crippen molar-refractivity contribution >= 4 is 38.6 Å². The van der Waals surface area contributed by atoms with E-state index in [-0.39, 0.29) is 5.82 Å². The molecule has 2 heterocycles. The number of benzene rings is 1. The van der Waals surface area contributed by atoms with Crippen molar-refractivity contribution in [3.63, 3.8) is 0 Å². The normalized spacial score (nSPS) is 19.3. The monoisotopic (exact) mass is 374 g/mol. The largest absolute Gasteiger partial charge is 0.381 e. The zero-order chi connectivity index (χ0) is 14.8. The summed E-state index contributed by atoms with van der Waals surface area (Å²) in [5.41, 5.74) is 1.64. The molecule has 1 atom stereocenters. The number of ether oxygens (including phenoxy) is 1. The minimum absolute atomic E-state index is 0.287. The molecule has 3 nitrogen and oxygen atoms in total. The first-order chi connectivity index (χ1) is 10.2. The van der Waals surface area contributed by atoms with E-state index in [9.17, 15) is 4.39 Å². The number of rotatable bonds is 4. The topological polar surface area (TPSA) is 27.1 Å². The lowest BCUT2D eigenvalue weighted by Gasteiger charge is -2.23. The standard InChI is InChI=1S/C15H17BrClFN2O/c16-11-6-14-13(7-12(11)18)19-15(3-4-17)20(14)8-10-2-1-5-21-9-10/h6-7,10H,1-5,8-9H2. The molecule has 3 rings (SSSR count). The third-order valence-electron chi connectivity index (χ3n) is 3.88. The number of hydrogen-bond acceptors (Lipinski definition) is 2. The van der Waals surface area contributed by atoms with Crippen LogP contribution in [0.15, 0.2) is 16.6 Å². The fourth-order valence-corrected chi connectivity index (χ4v) is 3.36. The number of alkyl halides is 1. The molecule has 6 heteroatoms. The lowest BCUT2D eigenvalue weighted by molar-refractivity contribution is 0.0485. The van der Waals surface area contributed by atoms with Gasteiger partial charge < -0.3 is 9.30 Å². The van der Waals surface area contributed by atoms with Crippen molar-refractivity contribution in [3.05, 3.63) is 28.2 Å². The van der Waals surface area contributed by atoms with E-state index in [1.807, 2.05) is 0 Å². The molecule has 0 spiro atoms. The summed E-state index contributed by atoms with van der Waals surface area (Å²) in [5.74, 6) is 1.62. The van der Waals surface area contributed by atoms with Gasteiger partial charge >= 0.3 is 0 Å². The van der Waals surface area contributed by atoms with E-state index in [0.717, 1.165) is 43.9 Å². The van der Waals surface area contributed by atoms with Crippen LogP contribution in [-0.2, 0) is 17.7 Å². The number of aryl methyl sites for hydroxylation is 1. The van der Waals surface area contributed by atoms with Crippen molar-refractivity contribution in [2.24, 2.45) is 5.92 Å². The van der Waals surface area contributed by atoms with Gasteiger partial charge in [-0.3, -0.25) is 0 Å². The van der Waals surface area contributed by atoms with Gasteiger partial charge in [-0.25, -0.2) is 9.37 Å². The fourth-order valence-electron chi connectivity index (χ4n) is 2.86. The minimum atomic E-state index is -0.287. The molecule has 1 saturated heterocycles. The van der Waals surface area contributed by atoms with Crippen molar-refractivity contribution in [1.82, 2.24) is 9.55 Å². The second kappa shape index (κ2) is 6.63. The first kappa shape index (κ1) is 15.3. The summed E-state index contributed by atoms with van der Waals surface area (Å²) in [6.45, 7) is 2.48. The maximum atomic E-state index is 13.7. The highest BCUT2D eigenvalue weighted by Gasteiger charge is 2.19. The molecule has 2 aromatic rings. The number of hydrogen-bond donors (Lipinski definition) is 0. The molecule has 114 valence electrons. The smallest absolute Gasteiger partial charge is 0.139 e. The van der Waals surface area contributed by atoms with Gasteiger partial charge in [-0.1, -0.05) is 0 Å². The lowest BCUT2D eigenvalue weighted by atomic mass is 10.0. The maximum Gasteiger partial charge on any atom is 0.139 e. The minimum Gasteiger partial charge on any atom is -0.381 e. The predicted molar refractivity (Wildman–Crippen MR) is 85.4 cm³/mol. The van der Waals surface area contributed by atoms with E-state index in [2.05, 4.69) is 25.5 Å². The van der Waals surface area contributed by atoms with Crippen molar-refractivity contribution in [2.75, 3.05) is 19.1 Å². The Hall–Kier alpha value is -0.650. The van der Waals surface area contributed by atoms with Gasteiger partial charge in [0.25, 0.3) is 0 Å². The molecule has 1 aliphatic rings. The van der Waals surface area contributed by atoms with Crippen LogP contribution in [0.2, 0.25) is 0 Å².